The SMILES string of the molecule is CC(C)C(=O)N(CC(=O)N(Cc1ccccc1)Cc1cccs1)Cc1ccco1. The molecule has 6 heteroatoms. The summed E-state index contributed by atoms with van der Waals surface area (Å²) in [6.45, 7) is 5.02. The van der Waals surface area contributed by atoms with Crippen molar-refractivity contribution in [3.8, 4) is 0 Å². The number of hydrogen-bond donors (Lipinski definition) is 0. The van der Waals surface area contributed by atoms with Gasteiger partial charge in [0.25, 0.3) is 0 Å². The van der Waals surface area contributed by atoms with Gasteiger partial charge in [-0.2, -0.15) is 0 Å². The van der Waals surface area contributed by atoms with Crippen molar-refractivity contribution < 1.29 is 14.0 Å². The number of benzene rings is 1. The van der Waals surface area contributed by atoms with Gasteiger partial charge in [0.15, 0.2) is 0 Å². The zero-order chi connectivity index (χ0) is 20.6. The number of hydrogen-bond acceptors (Lipinski definition) is 4. The third kappa shape index (κ3) is 6.06. The molecule has 2 heterocycles. The molecule has 0 radical (unpaired) electrons. The van der Waals surface area contributed by atoms with E-state index in [9.17, 15) is 9.59 Å². The topological polar surface area (TPSA) is 53.8 Å². The maximum absolute atomic E-state index is 13.2. The van der Waals surface area contributed by atoms with Crippen LogP contribution in [0.4, 0.5) is 0 Å². The first-order valence-corrected chi connectivity index (χ1v) is 10.6. The maximum Gasteiger partial charge on any atom is 0.242 e. The molecular weight excluding hydrogens is 384 g/mol. The molecule has 0 saturated carbocycles. The van der Waals surface area contributed by atoms with E-state index in [1.54, 1.807) is 28.6 Å². The molecule has 0 bridgehead atoms. The molecule has 0 fully saturated rings. The molecule has 0 N–H and O–H groups in total. The second kappa shape index (κ2) is 10.1. The Kier molecular flexibility index (Phi) is 7.25. The summed E-state index contributed by atoms with van der Waals surface area (Å²) < 4.78 is 5.40. The van der Waals surface area contributed by atoms with E-state index in [1.165, 1.54) is 0 Å². The molecule has 0 aliphatic heterocycles. The highest BCUT2D eigenvalue weighted by Gasteiger charge is 2.24. The highest BCUT2D eigenvalue weighted by Crippen LogP contribution is 2.16. The van der Waals surface area contributed by atoms with Gasteiger partial charge in [-0.05, 0) is 29.1 Å². The minimum Gasteiger partial charge on any atom is -0.467 e. The van der Waals surface area contributed by atoms with E-state index in [-0.39, 0.29) is 30.8 Å². The molecule has 29 heavy (non-hydrogen) atoms. The molecule has 2 amide bonds. The van der Waals surface area contributed by atoms with E-state index in [2.05, 4.69) is 0 Å². The van der Waals surface area contributed by atoms with Crippen LogP contribution in [-0.4, -0.2) is 28.2 Å². The van der Waals surface area contributed by atoms with Crippen LogP contribution in [0.3, 0.4) is 0 Å². The average molecular weight is 411 g/mol. The van der Waals surface area contributed by atoms with E-state index < -0.39 is 0 Å². The number of nitrogens with zero attached hydrogens (tertiary/aromatic N) is 2. The quantitative estimate of drug-likeness (QED) is 0.520. The molecule has 0 aliphatic carbocycles. The van der Waals surface area contributed by atoms with Crippen molar-refractivity contribution in [2.24, 2.45) is 5.92 Å². The van der Waals surface area contributed by atoms with Crippen LogP contribution in [0.1, 0.15) is 30.0 Å². The molecule has 1 aromatic carbocycles. The first-order valence-electron chi connectivity index (χ1n) is 9.68. The van der Waals surface area contributed by atoms with Gasteiger partial charge >= 0.3 is 0 Å². The molecule has 0 unspecified atom stereocenters. The van der Waals surface area contributed by atoms with E-state index in [0.717, 1.165) is 10.4 Å². The Morgan fingerprint density at radius 1 is 0.931 bits per heavy atom. The van der Waals surface area contributed by atoms with Crippen LogP contribution in [0.2, 0.25) is 0 Å². The fourth-order valence-corrected chi connectivity index (χ4v) is 3.78. The van der Waals surface area contributed by atoms with Crippen molar-refractivity contribution in [1.82, 2.24) is 9.80 Å². The van der Waals surface area contributed by atoms with Crippen LogP contribution in [0.15, 0.2) is 70.7 Å². The van der Waals surface area contributed by atoms with Crippen molar-refractivity contribution in [3.05, 3.63) is 82.4 Å². The molecule has 2 aromatic heterocycles. The summed E-state index contributed by atoms with van der Waals surface area (Å²) in [5, 5.41) is 2.01. The molecule has 0 atom stereocenters. The summed E-state index contributed by atoms with van der Waals surface area (Å²) in [7, 11) is 0. The second-order valence-electron chi connectivity index (χ2n) is 7.24. The van der Waals surface area contributed by atoms with E-state index >= 15 is 0 Å². The number of amides is 2. The van der Waals surface area contributed by atoms with Gasteiger partial charge < -0.3 is 14.2 Å². The lowest BCUT2D eigenvalue weighted by Gasteiger charge is -2.28. The second-order valence-corrected chi connectivity index (χ2v) is 8.28. The Bertz CT molecular complexity index is 890. The van der Waals surface area contributed by atoms with Crippen molar-refractivity contribution >= 4 is 23.2 Å². The predicted molar refractivity (Wildman–Crippen MR) is 114 cm³/mol. The number of carbonyl (C=O) groups excluding carboxylic acids is 2. The molecule has 3 rings (SSSR count). The fourth-order valence-electron chi connectivity index (χ4n) is 3.06. The van der Waals surface area contributed by atoms with Crippen LogP contribution in [0.5, 0.6) is 0 Å². The lowest BCUT2D eigenvalue weighted by molar-refractivity contribution is -0.143. The van der Waals surface area contributed by atoms with Crippen LogP contribution in [-0.2, 0) is 29.2 Å². The van der Waals surface area contributed by atoms with Crippen molar-refractivity contribution in [2.75, 3.05) is 6.54 Å². The summed E-state index contributed by atoms with van der Waals surface area (Å²) in [4.78, 5) is 30.5. The van der Waals surface area contributed by atoms with Crippen LogP contribution >= 0.6 is 11.3 Å². The molecule has 0 aliphatic rings. The molecule has 5 nitrogen and oxygen atoms in total. The van der Waals surface area contributed by atoms with Gasteiger partial charge in [-0.3, -0.25) is 9.59 Å². The van der Waals surface area contributed by atoms with E-state index in [0.29, 0.717) is 18.8 Å². The fraction of sp³-hybridized carbons (Fsp3) is 0.304. The third-order valence-corrected chi connectivity index (χ3v) is 5.42. The standard InChI is InChI=1S/C23H26N2O3S/c1-18(2)23(27)25(15-20-10-6-12-28-20)17-22(26)24(16-21-11-7-13-29-21)14-19-8-4-3-5-9-19/h3-13,18H,14-17H2,1-2H3. The molecule has 152 valence electrons. The Balaban J connectivity index is 1.77. The summed E-state index contributed by atoms with van der Waals surface area (Å²) in [6.07, 6.45) is 1.58. The zero-order valence-electron chi connectivity index (χ0n) is 16.8. The highest BCUT2D eigenvalue weighted by molar-refractivity contribution is 7.09. The van der Waals surface area contributed by atoms with Gasteiger partial charge in [0.2, 0.25) is 11.8 Å². The Hall–Kier alpha value is -2.86. The monoisotopic (exact) mass is 410 g/mol. The number of carbonyl (C=O) groups is 2. The van der Waals surface area contributed by atoms with Crippen molar-refractivity contribution in [3.63, 3.8) is 0 Å². The minimum absolute atomic E-state index is 0.0237. The predicted octanol–water partition coefficient (Wildman–Crippen LogP) is 4.55. The van der Waals surface area contributed by atoms with Crippen LogP contribution < -0.4 is 0 Å². The Morgan fingerprint density at radius 2 is 1.72 bits per heavy atom. The van der Waals surface area contributed by atoms with Crippen LogP contribution in [0.25, 0.3) is 0 Å². The molecule has 0 spiro atoms. The Labute approximate surface area is 175 Å². The van der Waals surface area contributed by atoms with Crippen molar-refractivity contribution in [1.29, 1.82) is 0 Å². The molecular formula is C23H26N2O3S. The average Bonchev–Trinajstić information content (AvgIpc) is 3.41. The largest absolute Gasteiger partial charge is 0.467 e. The first kappa shape index (κ1) is 20.9. The summed E-state index contributed by atoms with van der Waals surface area (Å²) in [6, 6.07) is 17.5. The summed E-state index contributed by atoms with van der Waals surface area (Å²) in [5.41, 5.74) is 1.06. The van der Waals surface area contributed by atoms with Gasteiger partial charge in [0, 0.05) is 17.3 Å². The zero-order valence-corrected chi connectivity index (χ0v) is 17.6. The normalized spacial score (nSPS) is 10.9. The van der Waals surface area contributed by atoms with E-state index in [4.69, 9.17) is 4.42 Å². The lowest BCUT2D eigenvalue weighted by Crippen LogP contribution is -2.43. The maximum atomic E-state index is 13.2. The number of thiophene rings is 1. The van der Waals surface area contributed by atoms with Gasteiger partial charge in [-0.15, -0.1) is 11.3 Å². The summed E-state index contributed by atoms with van der Waals surface area (Å²) in [5.74, 6) is 0.325. The highest BCUT2D eigenvalue weighted by atomic mass is 32.1. The number of furan rings is 1. The van der Waals surface area contributed by atoms with Gasteiger partial charge in [-0.25, -0.2) is 0 Å². The van der Waals surface area contributed by atoms with Crippen molar-refractivity contribution in [2.45, 2.75) is 33.5 Å². The molecule has 3 aromatic rings. The third-order valence-electron chi connectivity index (χ3n) is 4.55. The van der Waals surface area contributed by atoms with E-state index in [1.807, 2.05) is 72.7 Å². The number of rotatable bonds is 9. The minimum atomic E-state index is -0.197. The summed E-state index contributed by atoms with van der Waals surface area (Å²) >= 11 is 1.62. The van der Waals surface area contributed by atoms with Gasteiger partial charge in [0.1, 0.15) is 12.3 Å². The van der Waals surface area contributed by atoms with Gasteiger partial charge in [0.05, 0.1) is 19.4 Å². The lowest BCUT2D eigenvalue weighted by atomic mass is 10.1. The first-order chi connectivity index (χ1) is 14.0. The van der Waals surface area contributed by atoms with Gasteiger partial charge in [-0.1, -0.05) is 50.2 Å². The Morgan fingerprint density at radius 3 is 2.34 bits per heavy atom. The molecule has 0 saturated heterocycles. The smallest absolute Gasteiger partial charge is 0.242 e. The van der Waals surface area contributed by atoms with Crippen LogP contribution in [0, 0.1) is 5.92 Å².